The summed E-state index contributed by atoms with van der Waals surface area (Å²) in [6.07, 6.45) is 3.82. The molecular formula is C52H36N4. The predicted octanol–water partition coefficient (Wildman–Crippen LogP) is 12.8. The van der Waals surface area contributed by atoms with Gasteiger partial charge >= 0.3 is 0 Å². The van der Waals surface area contributed by atoms with Crippen molar-refractivity contribution in [1.29, 1.82) is 0 Å². The van der Waals surface area contributed by atoms with E-state index in [1.807, 2.05) is 24.4 Å². The van der Waals surface area contributed by atoms with Crippen LogP contribution < -0.4 is 0 Å². The average molecular weight is 717 g/mol. The molecular weight excluding hydrogens is 681 g/mol. The Morgan fingerprint density at radius 2 is 0.929 bits per heavy atom. The lowest BCUT2D eigenvalue weighted by Gasteiger charge is -2.13. The molecule has 4 nitrogen and oxygen atoms in total. The molecule has 0 amide bonds. The third-order valence-corrected chi connectivity index (χ3v) is 10.7. The summed E-state index contributed by atoms with van der Waals surface area (Å²) in [4.78, 5) is 20.2. The Labute approximate surface area is 325 Å². The minimum Gasteiger partial charge on any atom is -0.256 e. The third-order valence-electron chi connectivity index (χ3n) is 10.7. The first kappa shape index (κ1) is 33.3. The Morgan fingerprint density at radius 1 is 0.339 bits per heavy atom. The van der Waals surface area contributed by atoms with Gasteiger partial charge < -0.3 is 0 Å². The van der Waals surface area contributed by atoms with Crippen LogP contribution in [-0.4, -0.2) is 19.9 Å². The Hall–Kier alpha value is -7.30. The number of fused-ring (bicyclic) bond motifs is 4. The zero-order valence-corrected chi connectivity index (χ0v) is 30.7. The summed E-state index contributed by atoms with van der Waals surface area (Å²) >= 11 is 0. The fourth-order valence-corrected chi connectivity index (χ4v) is 7.77. The van der Waals surface area contributed by atoms with E-state index in [1.165, 1.54) is 33.0 Å². The van der Waals surface area contributed by atoms with Crippen LogP contribution >= 0.6 is 0 Å². The van der Waals surface area contributed by atoms with Crippen molar-refractivity contribution in [3.63, 3.8) is 0 Å². The molecule has 0 fully saturated rings. The van der Waals surface area contributed by atoms with Crippen molar-refractivity contribution in [2.75, 3.05) is 0 Å². The van der Waals surface area contributed by atoms with Gasteiger partial charge in [-0.05, 0) is 80.4 Å². The number of rotatable bonds is 8. The Bertz CT molecular complexity index is 3010. The van der Waals surface area contributed by atoms with Crippen molar-refractivity contribution in [2.45, 2.75) is 12.8 Å². The van der Waals surface area contributed by atoms with Gasteiger partial charge in [0.05, 0.1) is 5.52 Å². The maximum Gasteiger partial charge on any atom is 0.164 e. The number of hydrogen-bond acceptors (Lipinski definition) is 4. The van der Waals surface area contributed by atoms with E-state index in [0.717, 1.165) is 62.3 Å². The van der Waals surface area contributed by atoms with E-state index in [9.17, 15) is 0 Å². The molecule has 0 aliphatic rings. The largest absolute Gasteiger partial charge is 0.256 e. The van der Waals surface area contributed by atoms with Gasteiger partial charge in [0.25, 0.3) is 0 Å². The maximum absolute atomic E-state index is 5.19. The van der Waals surface area contributed by atoms with Gasteiger partial charge in [-0.25, -0.2) is 15.0 Å². The molecule has 0 saturated carbocycles. The quantitative estimate of drug-likeness (QED) is 0.147. The van der Waals surface area contributed by atoms with Crippen LogP contribution in [0.3, 0.4) is 0 Å². The molecule has 2 aromatic heterocycles. The summed E-state index contributed by atoms with van der Waals surface area (Å²) in [5.41, 5.74) is 11.2. The van der Waals surface area contributed by atoms with Crippen LogP contribution in [0, 0.1) is 0 Å². The van der Waals surface area contributed by atoms with Crippen LogP contribution in [0.4, 0.5) is 0 Å². The number of hydrogen-bond donors (Lipinski definition) is 0. The number of nitrogens with zero attached hydrogens (tertiary/aromatic N) is 4. The van der Waals surface area contributed by atoms with Crippen molar-refractivity contribution in [1.82, 2.24) is 19.9 Å². The zero-order valence-electron chi connectivity index (χ0n) is 30.7. The summed E-state index contributed by atoms with van der Waals surface area (Å²) in [5, 5.41) is 5.76. The first-order chi connectivity index (χ1) is 27.7. The molecule has 264 valence electrons. The average Bonchev–Trinajstić information content (AvgIpc) is 3.28. The summed E-state index contributed by atoms with van der Waals surface area (Å²) in [5.74, 6) is 1.93. The van der Waals surface area contributed by atoms with Gasteiger partial charge in [-0.3, -0.25) is 4.98 Å². The fraction of sp³-hybridized carbons (Fsp3) is 0.0385. The molecule has 0 radical (unpaired) electrons. The van der Waals surface area contributed by atoms with Gasteiger partial charge in [-0.15, -0.1) is 0 Å². The summed E-state index contributed by atoms with van der Waals surface area (Å²) < 4.78 is 0. The number of para-hydroxylation sites is 1. The minimum absolute atomic E-state index is 0.632. The lowest BCUT2D eigenvalue weighted by Crippen LogP contribution is -2.01. The molecule has 0 aliphatic carbocycles. The first-order valence-electron chi connectivity index (χ1n) is 19.1. The summed E-state index contributed by atoms with van der Waals surface area (Å²) in [7, 11) is 0. The maximum atomic E-state index is 5.19. The van der Waals surface area contributed by atoms with Gasteiger partial charge in [-0.1, -0.05) is 170 Å². The highest BCUT2D eigenvalue weighted by Gasteiger charge is 2.16. The van der Waals surface area contributed by atoms with Gasteiger partial charge in [0, 0.05) is 33.8 Å². The lowest BCUT2D eigenvalue weighted by molar-refractivity contribution is 0.962. The van der Waals surface area contributed by atoms with E-state index in [-0.39, 0.29) is 0 Å². The molecule has 0 saturated heterocycles. The van der Waals surface area contributed by atoms with Crippen LogP contribution in [-0.2, 0) is 12.8 Å². The Balaban J connectivity index is 1.03. The van der Waals surface area contributed by atoms with Crippen molar-refractivity contribution in [2.24, 2.45) is 0 Å². The van der Waals surface area contributed by atoms with Crippen molar-refractivity contribution >= 4 is 32.4 Å². The Morgan fingerprint density at radius 3 is 1.71 bits per heavy atom. The number of pyridine rings is 1. The molecule has 8 aromatic carbocycles. The molecule has 0 aliphatic heterocycles. The second-order valence-corrected chi connectivity index (χ2v) is 14.2. The highest BCUT2D eigenvalue weighted by atomic mass is 15.0. The summed E-state index contributed by atoms with van der Waals surface area (Å²) in [6, 6.07) is 66.2. The summed E-state index contributed by atoms with van der Waals surface area (Å²) in [6.45, 7) is 0. The Kier molecular flexibility index (Phi) is 8.62. The molecule has 0 unspecified atom stereocenters. The predicted molar refractivity (Wildman–Crippen MR) is 231 cm³/mol. The minimum atomic E-state index is 0.632. The van der Waals surface area contributed by atoms with Gasteiger partial charge in [0.1, 0.15) is 0 Å². The van der Waals surface area contributed by atoms with Crippen molar-refractivity contribution < 1.29 is 0 Å². The molecule has 10 rings (SSSR count). The van der Waals surface area contributed by atoms with E-state index in [2.05, 4.69) is 170 Å². The molecule has 2 heterocycles. The third kappa shape index (κ3) is 6.48. The normalized spacial score (nSPS) is 11.4. The van der Waals surface area contributed by atoms with Crippen LogP contribution in [0.15, 0.2) is 194 Å². The number of aromatic nitrogens is 4. The SMILES string of the molecule is c1ccc(-c2ccccc2CCc2ccc(-c3nc(-c4ccc(-c5cnc6ccccc6c5)cc4)nc(-c4cc5ccccc5c5ccccc45)n3)cc2)cc1. The second-order valence-electron chi connectivity index (χ2n) is 14.2. The second kappa shape index (κ2) is 14.5. The molecule has 0 N–H and O–H groups in total. The highest BCUT2D eigenvalue weighted by Crippen LogP contribution is 2.35. The standard InChI is InChI=1S/C52H36N4/c1-2-12-37(13-3-1)44-17-7-4-14-38(44)25-22-35-23-26-39(27-24-35)50-54-51(40-30-28-36(29-31-40)43-32-42-16-6-11-21-49(42)53-34-43)56-52(55-50)48-33-41-15-5-8-18-45(41)46-19-9-10-20-47(46)48/h1-21,23-24,26-34H,22,25H2. The monoisotopic (exact) mass is 716 g/mol. The number of benzene rings is 8. The lowest BCUT2D eigenvalue weighted by atomic mass is 9.95. The molecule has 0 atom stereocenters. The van der Waals surface area contributed by atoms with Gasteiger partial charge in [0.15, 0.2) is 17.5 Å². The molecule has 56 heavy (non-hydrogen) atoms. The van der Waals surface area contributed by atoms with Gasteiger partial charge in [-0.2, -0.15) is 0 Å². The van der Waals surface area contributed by atoms with E-state index in [0.29, 0.717) is 17.5 Å². The van der Waals surface area contributed by atoms with E-state index >= 15 is 0 Å². The molecule has 10 aromatic rings. The van der Waals surface area contributed by atoms with E-state index < -0.39 is 0 Å². The van der Waals surface area contributed by atoms with Crippen LogP contribution in [0.1, 0.15) is 11.1 Å². The first-order valence-corrected chi connectivity index (χ1v) is 19.1. The van der Waals surface area contributed by atoms with Crippen molar-refractivity contribution in [3.05, 3.63) is 205 Å². The van der Waals surface area contributed by atoms with E-state index in [4.69, 9.17) is 19.9 Å². The zero-order chi connectivity index (χ0) is 37.3. The van der Waals surface area contributed by atoms with Crippen LogP contribution in [0.5, 0.6) is 0 Å². The molecule has 0 spiro atoms. The van der Waals surface area contributed by atoms with Crippen LogP contribution in [0.2, 0.25) is 0 Å². The smallest absolute Gasteiger partial charge is 0.164 e. The topological polar surface area (TPSA) is 51.6 Å². The van der Waals surface area contributed by atoms with Gasteiger partial charge in [0.2, 0.25) is 0 Å². The number of aryl methyl sites for hydroxylation is 2. The van der Waals surface area contributed by atoms with E-state index in [1.54, 1.807) is 0 Å². The molecule has 0 bridgehead atoms. The highest BCUT2D eigenvalue weighted by molar-refractivity contribution is 6.13. The molecule has 4 heteroatoms. The van der Waals surface area contributed by atoms with Crippen LogP contribution in [0.25, 0.3) is 88.9 Å². The van der Waals surface area contributed by atoms with Crippen molar-refractivity contribution in [3.8, 4) is 56.4 Å². The fourth-order valence-electron chi connectivity index (χ4n) is 7.77.